The van der Waals surface area contributed by atoms with E-state index >= 15 is 0 Å². The number of nitrogens with two attached hydrogens (primary N) is 1. The molecule has 0 heterocycles. The Morgan fingerprint density at radius 2 is 2.00 bits per heavy atom. The smallest absolute Gasteiger partial charge is 0.491 e. The number of halogens is 4. The molecule has 1 aromatic rings. The van der Waals surface area contributed by atoms with E-state index in [0.29, 0.717) is 16.8 Å². The molecule has 1 aromatic carbocycles. The Bertz CT molecular complexity index is 357. The fraction of sp³-hybridized carbons (Fsp3) is 0.333. The highest BCUT2D eigenvalue weighted by Gasteiger charge is 2.31. The highest BCUT2D eigenvalue weighted by atomic mass is 79.9. The zero-order chi connectivity index (χ0) is 12.2. The van der Waals surface area contributed by atoms with Crippen LogP contribution in [-0.2, 0) is 0 Å². The maximum atomic E-state index is 11.9. The lowest BCUT2D eigenvalue weighted by Gasteiger charge is -2.11. The summed E-state index contributed by atoms with van der Waals surface area (Å²) in [4.78, 5) is 0. The number of alkyl halides is 3. The molecular weight excluding hydrogens is 291 g/mol. The number of hydrogen-bond acceptors (Lipinski definition) is 3. The van der Waals surface area contributed by atoms with Crippen molar-refractivity contribution in [1.29, 1.82) is 0 Å². The van der Waals surface area contributed by atoms with E-state index in [1.165, 1.54) is 18.2 Å². The number of benzene rings is 1. The monoisotopic (exact) mass is 299 g/mol. The summed E-state index contributed by atoms with van der Waals surface area (Å²) >= 11 is 3.07. The van der Waals surface area contributed by atoms with E-state index < -0.39 is 6.36 Å². The predicted octanol–water partition coefficient (Wildman–Crippen LogP) is 2.69. The Kier molecular flexibility index (Phi) is 4.43. The van der Waals surface area contributed by atoms with E-state index in [1.807, 2.05) is 0 Å². The quantitative estimate of drug-likeness (QED) is 0.930. The van der Waals surface area contributed by atoms with Crippen molar-refractivity contribution in [2.24, 2.45) is 5.73 Å². The maximum Gasteiger partial charge on any atom is 0.573 e. The van der Waals surface area contributed by atoms with Gasteiger partial charge in [-0.15, -0.1) is 13.2 Å². The fourth-order valence-corrected chi connectivity index (χ4v) is 1.44. The second-order valence-corrected chi connectivity index (χ2v) is 3.63. The van der Waals surface area contributed by atoms with Crippen LogP contribution in [0.25, 0.3) is 0 Å². The second kappa shape index (κ2) is 5.40. The summed E-state index contributed by atoms with van der Waals surface area (Å²) in [5, 5.41) is 0. The Morgan fingerprint density at radius 3 is 2.50 bits per heavy atom. The SMILES string of the molecule is NCCOc1ccc(OC(F)(F)F)cc1Br. The van der Waals surface area contributed by atoms with Crippen molar-refractivity contribution in [3.05, 3.63) is 22.7 Å². The summed E-state index contributed by atoms with van der Waals surface area (Å²) in [6, 6.07) is 3.73. The van der Waals surface area contributed by atoms with Crippen LogP contribution in [0.3, 0.4) is 0 Å². The first-order chi connectivity index (χ1) is 7.42. The average molecular weight is 300 g/mol. The van der Waals surface area contributed by atoms with Crippen LogP contribution in [0, 0.1) is 0 Å². The molecule has 0 saturated heterocycles. The minimum absolute atomic E-state index is 0.290. The van der Waals surface area contributed by atoms with Crippen molar-refractivity contribution in [3.63, 3.8) is 0 Å². The molecule has 2 N–H and O–H groups in total. The molecule has 0 fully saturated rings. The van der Waals surface area contributed by atoms with Crippen LogP contribution < -0.4 is 15.2 Å². The van der Waals surface area contributed by atoms with Crippen LogP contribution in [0.4, 0.5) is 13.2 Å². The molecule has 0 unspecified atom stereocenters. The molecule has 90 valence electrons. The largest absolute Gasteiger partial charge is 0.573 e. The van der Waals surface area contributed by atoms with Gasteiger partial charge in [0.15, 0.2) is 0 Å². The van der Waals surface area contributed by atoms with E-state index in [1.54, 1.807) is 0 Å². The molecule has 0 aromatic heterocycles. The summed E-state index contributed by atoms with van der Waals surface area (Å²) in [5.41, 5.74) is 5.23. The lowest BCUT2D eigenvalue weighted by molar-refractivity contribution is -0.274. The number of ether oxygens (including phenoxy) is 2. The minimum atomic E-state index is -4.70. The highest BCUT2D eigenvalue weighted by molar-refractivity contribution is 9.10. The van der Waals surface area contributed by atoms with E-state index in [9.17, 15) is 13.2 Å². The van der Waals surface area contributed by atoms with Crippen LogP contribution in [-0.4, -0.2) is 19.5 Å². The van der Waals surface area contributed by atoms with Gasteiger partial charge in [-0.1, -0.05) is 0 Å². The lowest BCUT2D eigenvalue weighted by Crippen LogP contribution is -2.17. The summed E-state index contributed by atoms with van der Waals surface area (Å²) < 4.78 is 44.9. The van der Waals surface area contributed by atoms with Crippen molar-refractivity contribution < 1.29 is 22.6 Å². The zero-order valence-electron chi connectivity index (χ0n) is 8.05. The summed E-state index contributed by atoms with van der Waals surface area (Å²) in [6.07, 6.45) is -4.70. The van der Waals surface area contributed by atoms with Gasteiger partial charge in [0.2, 0.25) is 0 Å². The van der Waals surface area contributed by atoms with Crippen LogP contribution in [0.1, 0.15) is 0 Å². The Labute approximate surface area is 98.5 Å². The molecule has 0 spiro atoms. The fourth-order valence-electron chi connectivity index (χ4n) is 0.965. The first-order valence-electron chi connectivity index (χ1n) is 4.30. The van der Waals surface area contributed by atoms with Gasteiger partial charge >= 0.3 is 6.36 Å². The molecule has 0 aliphatic rings. The number of rotatable bonds is 4. The van der Waals surface area contributed by atoms with Crippen molar-refractivity contribution >= 4 is 15.9 Å². The first kappa shape index (κ1) is 13.1. The maximum absolute atomic E-state index is 11.9. The average Bonchev–Trinajstić information content (AvgIpc) is 2.14. The standard InChI is InChI=1S/C9H9BrF3NO2/c10-7-5-6(16-9(11,12)13)1-2-8(7)15-4-3-14/h1-2,5H,3-4,14H2. The molecule has 1 rings (SSSR count). The molecule has 0 aliphatic heterocycles. The molecular formula is C9H9BrF3NO2. The summed E-state index contributed by atoms with van der Waals surface area (Å²) in [6.45, 7) is 0.616. The highest BCUT2D eigenvalue weighted by Crippen LogP contribution is 2.31. The number of hydrogen-bond donors (Lipinski definition) is 1. The Hall–Kier alpha value is -0.950. The zero-order valence-corrected chi connectivity index (χ0v) is 9.64. The van der Waals surface area contributed by atoms with Gasteiger partial charge in [-0.25, -0.2) is 0 Å². The van der Waals surface area contributed by atoms with Crippen molar-refractivity contribution in [2.75, 3.05) is 13.2 Å². The molecule has 16 heavy (non-hydrogen) atoms. The van der Waals surface area contributed by atoms with Crippen LogP contribution >= 0.6 is 15.9 Å². The summed E-state index contributed by atoms with van der Waals surface area (Å²) in [5.74, 6) is 0.111. The van der Waals surface area contributed by atoms with Gasteiger partial charge in [0.1, 0.15) is 18.1 Å². The van der Waals surface area contributed by atoms with Crippen molar-refractivity contribution in [3.8, 4) is 11.5 Å². The molecule has 7 heteroatoms. The third kappa shape index (κ3) is 4.28. The third-order valence-corrected chi connectivity index (χ3v) is 2.13. The molecule has 0 bridgehead atoms. The topological polar surface area (TPSA) is 44.5 Å². The van der Waals surface area contributed by atoms with Gasteiger partial charge in [0, 0.05) is 6.54 Å². The first-order valence-corrected chi connectivity index (χ1v) is 5.10. The Morgan fingerprint density at radius 1 is 1.31 bits per heavy atom. The van der Waals surface area contributed by atoms with Gasteiger partial charge in [0.25, 0.3) is 0 Å². The van der Waals surface area contributed by atoms with Crippen LogP contribution in [0.15, 0.2) is 22.7 Å². The molecule has 0 saturated carbocycles. The molecule has 3 nitrogen and oxygen atoms in total. The molecule has 0 atom stereocenters. The molecule has 0 radical (unpaired) electrons. The Balaban J connectivity index is 2.74. The normalized spacial score (nSPS) is 11.3. The minimum Gasteiger partial charge on any atom is -0.491 e. The van der Waals surface area contributed by atoms with E-state index in [4.69, 9.17) is 10.5 Å². The second-order valence-electron chi connectivity index (χ2n) is 2.78. The van der Waals surface area contributed by atoms with E-state index in [-0.39, 0.29) is 12.4 Å². The molecule has 0 aliphatic carbocycles. The lowest BCUT2D eigenvalue weighted by atomic mass is 10.3. The van der Waals surface area contributed by atoms with E-state index in [2.05, 4.69) is 20.7 Å². The predicted molar refractivity (Wildman–Crippen MR) is 55.4 cm³/mol. The van der Waals surface area contributed by atoms with Gasteiger partial charge in [-0.3, -0.25) is 0 Å². The summed E-state index contributed by atoms with van der Waals surface area (Å²) in [7, 11) is 0. The van der Waals surface area contributed by atoms with Gasteiger partial charge in [-0.05, 0) is 34.1 Å². The van der Waals surface area contributed by atoms with Gasteiger partial charge in [-0.2, -0.15) is 0 Å². The van der Waals surface area contributed by atoms with Gasteiger partial charge in [0.05, 0.1) is 4.47 Å². The van der Waals surface area contributed by atoms with Crippen LogP contribution in [0.2, 0.25) is 0 Å². The molecule has 0 amide bonds. The van der Waals surface area contributed by atoms with Crippen molar-refractivity contribution in [2.45, 2.75) is 6.36 Å². The van der Waals surface area contributed by atoms with Gasteiger partial charge < -0.3 is 15.2 Å². The van der Waals surface area contributed by atoms with Crippen molar-refractivity contribution in [1.82, 2.24) is 0 Å². The van der Waals surface area contributed by atoms with E-state index in [0.717, 1.165) is 0 Å². The third-order valence-electron chi connectivity index (χ3n) is 1.51. The van der Waals surface area contributed by atoms with Crippen LogP contribution in [0.5, 0.6) is 11.5 Å².